The Hall–Kier alpha value is -2.67. The summed E-state index contributed by atoms with van der Waals surface area (Å²) >= 11 is 0. The molecule has 0 aliphatic rings. The maximum atomic E-state index is 13.3. The summed E-state index contributed by atoms with van der Waals surface area (Å²) in [6, 6.07) is 13.7. The molecule has 2 rings (SSSR count). The lowest BCUT2D eigenvalue weighted by Crippen LogP contribution is -2.50. The van der Waals surface area contributed by atoms with E-state index in [-0.39, 0.29) is 6.61 Å². The molecule has 0 saturated carbocycles. The molecule has 0 fully saturated rings. The van der Waals surface area contributed by atoms with E-state index in [0.717, 1.165) is 17.7 Å². The third kappa shape index (κ3) is 4.06. The van der Waals surface area contributed by atoms with Gasteiger partial charge >= 0.3 is 12.1 Å². The van der Waals surface area contributed by atoms with Crippen molar-refractivity contribution in [2.75, 3.05) is 6.61 Å². The number of aliphatic imine (C=N–C) groups is 1. The largest absolute Gasteiger partial charge is 0.463 e. The van der Waals surface area contributed by atoms with Gasteiger partial charge in [-0.1, -0.05) is 42.5 Å². The molecule has 2 aromatic rings. The van der Waals surface area contributed by atoms with Gasteiger partial charge in [-0.25, -0.2) is 4.79 Å². The number of halogens is 3. The Kier molecular flexibility index (Phi) is 5.58. The van der Waals surface area contributed by atoms with Gasteiger partial charge in [-0.15, -0.1) is 0 Å². The molecule has 0 aromatic heterocycles. The van der Waals surface area contributed by atoms with Crippen molar-refractivity contribution in [3.63, 3.8) is 0 Å². The molecule has 2 aromatic carbocycles. The first-order valence-corrected chi connectivity index (χ1v) is 7.45. The van der Waals surface area contributed by atoms with Crippen LogP contribution in [0.3, 0.4) is 0 Å². The van der Waals surface area contributed by atoms with Crippen molar-refractivity contribution >= 4 is 17.9 Å². The maximum absolute atomic E-state index is 13.3. The second-order valence-corrected chi connectivity index (χ2v) is 5.14. The van der Waals surface area contributed by atoms with Gasteiger partial charge in [0, 0.05) is 11.8 Å². The molecule has 0 bridgehead atoms. The Balaban J connectivity index is 2.30. The summed E-state index contributed by atoms with van der Waals surface area (Å²) in [5.74, 6) is -1.76. The Morgan fingerprint density at radius 2 is 1.72 bits per heavy atom. The lowest BCUT2D eigenvalue weighted by Gasteiger charge is -2.28. The van der Waals surface area contributed by atoms with E-state index in [2.05, 4.69) is 9.73 Å². The smallest absolute Gasteiger partial charge is 0.432 e. The van der Waals surface area contributed by atoms with Crippen LogP contribution in [0.2, 0.25) is 0 Å². The highest BCUT2D eigenvalue weighted by Gasteiger charge is 2.62. The van der Waals surface area contributed by atoms with E-state index in [1.165, 1.54) is 19.1 Å². The third-order valence-corrected chi connectivity index (χ3v) is 3.43. The number of hydrogen-bond acceptors (Lipinski definition) is 4. The second-order valence-electron chi connectivity index (χ2n) is 5.14. The molecular weight excluding hydrogens is 335 g/mol. The number of benzene rings is 2. The number of carbonyl (C=O) groups excluding carboxylic acids is 1. The van der Waals surface area contributed by atoms with Gasteiger partial charge in [-0.05, 0) is 24.6 Å². The quantitative estimate of drug-likeness (QED) is 0.659. The molecular formula is C18H16F3NO3. The number of hydrogen-bond donors (Lipinski definition) is 1. The van der Waals surface area contributed by atoms with E-state index in [9.17, 15) is 23.1 Å². The van der Waals surface area contributed by atoms with E-state index in [1.54, 1.807) is 6.21 Å². The number of rotatable bonds is 5. The molecule has 4 nitrogen and oxygen atoms in total. The van der Waals surface area contributed by atoms with Crippen LogP contribution in [0.25, 0.3) is 0 Å². The minimum atomic E-state index is -5.21. The highest BCUT2D eigenvalue weighted by Crippen LogP contribution is 2.40. The monoisotopic (exact) mass is 351 g/mol. The van der Waals surface area contributed by atoms with Gasteiger partial charge in [-0.3, -0.25) is 4.99 Å². The molecule has 0 unspecified atom stereocenters. The molecule has 0 aliphatic heterocycles. The molecule has 1 atom stereocenters. The van der Waals surface area contributed by atoms with Gasteiger partial charge in [0.1, 0.15) is 0 Å². The summed E-state index contributed by atoms with van der Waals surface area (Å²) in [6.45, 7) is 1.08. The van der Waals surface area contributed by atoms with Gasteiger partial charge in [0.2, 0.25) is 0 Å². The lowest BCUT2D eigenvalue weighted by atomic mass is 9.93. The molecule has 25 heavy (non-hydrogen) atoms. The van der Waals surface area contributed by atoms with E-state index >= 15 is 0 Å². The summed E-state index contributed by atoms with van der Waals surface area (Å²) < 4.78 is 44.1. The van der Waals surface area contributed by atoms with Crippen molar-refractivity contribution < 1.29 is 27.8 Å². The fraction of sp³-hybridized carbons (Fsp3) is 0.222. The fourth-order valence-electron chi connectivity index (χ4n) is 2.11. The molecule has 7 heteroatoms. The Morgan fingerprint density at radius 3 is 2.24 bits per heavy atom. The van der Waals surface area contributed by atoms with Crippen LogP contribution in [-0.4, -0.2) is 30.1 Å². The summed E-state index contributed by atoms with van der Waals surface area (Å²) in [5, 5.41) is 9.98. The molecule has 132 valence electrons. The summed E-state index contributed by atoms with van der Waals surface area (Å²) in [5.41, 5.74) is -3.15. The molecule has 0 spiro atoms. The zero-order valence-corrected chi connectivity index (χ0v) is 13.3. The topological polar surface area (TPSA) is 58.9 Å². The zero-order valence-electron chi connectivity index (χ0n) is 13.3. The predicted octanol–water partition coefficient (Wildman–Crippen LogP) is 3.75. The number of alkyl halides is 3. The Morgan fingerprint density at radius 1 is 1.12 bits per heavy atom. The predicted molar refractivity (Wildman–Crippen MR) is 86.7 cm³/mol. The molecule has 0 amide bonds. The zero-order chi connectivity index (χ0) is 18.5. The number of ether oxygens (including phenoxy) is 1. The summed E-state index contributed by atoms with van der Waals surface area (Å²) in [7, 11) is 0. The molecule has 0 aliphatic carbocycles. The van der Waals surface area contributed by atoms with Crippen molar-refractivity contribution in [1.29, 1.82) is 0 Å². The molecule has 0 heterocycles. The van der Waals surface area contributed by atoms with Crippen LogP contribution in [0.4, 0.5) is 18.9 Å². The third-order valence-electron chi connectivity index (χ3n) is 3.43. The number of esters is 1. The van der Waals surface area contributed by atoms with Gasteiger partial charge in [-0.2, -0.15) is 13.2 Å². The average Bonchev–Trinajstić information content (AvgIpc) is 2.60. The van der Waals surface area contributed by atoms with Gasteiger partial charge in [0.25, 0.3) is 5.60 Å². The number of carbonyl (C=O) groups is 1. The minimum Gasteiger partial charge on any atom is -0.463 e. The standard InChI is InChI=1S/C18H16F3NO3/c1-2-25-16(23)17(24,18(19,20)21)14-8-10-15(11-9-14)22-12-13-6-4-3-5-7-13/h3-12,24H,2H2,1H3/t17-/m0/s1. The average molecular weight is 351 g/mol. The van der Waals surface area contributed by atoms with Gasteiger partial charge < -0.3 is 9.84 Å². The summed E-state index contributed by atoms with van der Waals surface area (Å²) in [4.78, 5) is 15.8. The van der Waals surface area contributed by atoms with Gasteiger partial charge in [0.05, 0.1) is 12.3 Å². The van der Waals surface area contributed by atoms with Gasteiger partial charge in [0.15, 0.2) is 0 Å². The minimum absolute atomic E-state index is 0.281. The van der Waals surface area contributed by atoms with Crippen molar-refractivity contribution in [3.05, 3.63) is 65.7 Å². The van der Waals surface area contributed by atoms with Crippen molar-refractivity contribution in [2.45, 2.75) is 18.7 Å². The number of nitrogens with zero attached hydrogens (tertiary/aromatic N) is 1. The van der Waals surface area contributed by atoms with Crippen LogP contribution in [0.1, 0.15) is 18.1 Å². The first-order chi connectivity index (χ1) is 11.8. The SMILES string of the molecule is CCOC(=O)[C@@](O)(c1ccc(N=Cc2ccccc2)cc1)C(F)(F)F. The van der Waals surface area contributed by atoms with Crippen molar-refractivity contribution in [3.8, 4) is 0 Å². The Bertz CT molecular complexity index is 742. The van der Waals surface area contributed by atoms with Crippen molar-refractivity contribution in [2.24, 2.45) is 4.99 Å². The highest BCUT2D eigenvalue weighted by atomic mass is 19.4. The van der Waals surface area contributed by atoms with Crippen molar-refractivity contribution in [1.82, 2.24) is 0 Å². The van der Waals surface area contributed by atoms with E-state index in [4.69, 9.17) is 0 Å². The molecule has 0 radical (unpaired) electrons. The summed E-state index contributed by atoms with van der Waals surface area (Å²) in [6.07, 6.45) is -3.66. The molecule has 0 saturated heterocycles. The van der Waals surface area contributed by atoms with E-state index in [1.807, 2.05) is 30.3 Å². The molecule has 1 N–H and O–H groups in total. The first kappa shape index (κ1) is 18.7. The van der Waals surface area contributed by atoms with Crippen LogP contribution >= 0.6 is 0 Å². The van der Waals surface area contributed by atoms with Crippen LogP contribution in [-0.2, 0) is 15.1 Å². The maximum Gasteiger partial charge on any atom is 0.432 e. The van der Waals surface area contributed by atoms with Crippen LogP contribution < -0.4 is 0 Å². The first-order valence-electron chi connectivity index (χ1n) is 7.45. The van der Waals surface area contributed by atoms with Crippen LogP contribution in [0.15, 0.2) is 59.6 Å². The van der Waals surface area contributed by atoms with E-state index < -0.39 is 23.3 Å². The fourth-order valence-corrected chi connectivity index (χ4v) is 2.11. The second kappa shape index (κ2) is 7.48. The Labute approximate surface area is 142 Å². The van der Waals surface area contributed by atoms with Crippen LogP contribution in [0, 0.1) is 0 Å². The highest BCUT2D eigenvalue weighted by molar-refractivity contribution is 5.83. The lowest BCUT2D eigenvalue weighted by molar-refractivity contribution is -0.267. The normalized spacial score (nSPS) is 14.3. The number of aliphatic hydroxyl groups is 1. The van der Waals surface area contributed by atoms with E-state index in [0.29, 0.717) is 5.69 Å². The van der Waals surface area contributed by atoms with Crippen LogP contribution in [0.5, 0.6) is 0 Å².